The van der Waals surface area contributed by atoms with Crippen LogP contribution in [0.15, 0.2) is 35.9 Å². The average molecular weight is 298 g/mol. The Balaban J connectivity index is 2.90. The molecule has 106 valence electrons. The Bertz CT molecular complexity index is 732. The maximum absolute atomic E-state index is 11.6. The van der Waals surface area contributed by atoms with Crippen LogP contribution in [0.2, 0.25) is 0 Å². The number of fused-ring (bicyclic) bond motifs is 1. The molecule has 1 aromatic rings. The Morgan fingerprint density at radius 3 is 2.25 bits per heavy atom. The number of carbonyl (C=O) groups is 2. The van der Waals surface area contributed by atoms with Gasteiger partial charge < -0.3 is 10.2 Å². The maximum Gasteiger partial charge on any atom is 0.336 e. The smallest absolute Gasteiger partial charge is 0.336 e. The number of hydrogen-bond donors (Lipinski definition) is 3. The van der Waals surface area contributed by atoms with Gasteiger partial charge in [-0.15, -0.1) is 0 Å². The van der Waals surface area contributed by atoms with Gasteiger partial charge in [0.25, 0.3) is 10.1 Å². The van der Waals surface area contributed by atoms with Crippen molar-refractivity contribution in [1.29, 1.82) is 0 Å². The Labute approximate surface area is 113 Å². The third-order valence-electron chi connectivity index (χ3n) is 3.18. The van der Waals surface area contributed by atoms with Crippen molar-refractivity contribution in [3.05, 3.63) is 47.0 Å². The molecule has 3 N–H and O–H groups in total. The minimum atomic E-state index is -5.11. The first-order valence-electron chi connectivity index (χ1n) is 5.44. The van der Waals surface area contributed by atoms with Gasteiger partial charge in [0.05, 0.1) is 0 Å². The van der Waals surface area contributed by atoms with Crippen LogP contribution in [-0.2, 0) is 30.9 Å². The molecule has 20 heavy (non-hydrogen) atoms. The molecular weight excluding hydrogens is 288 g/mol. The van der Waals surface area contributed by atoms with E-state index in [1.807, 2.05) is 0 Å². The zero-order valence-electron chi connectivity index (χ0n) is 9.98. The van der Waals surface area contributed by atoms with E-state index in [1.165, 1.54) is 24.3 Å². The number of hydrogen-bond acceptors (Lipinski definition) is 4. The van der Waals surface area contributed by atoms with E-state index >= 15 is 0 Å². The zero-order valence-corrected chi connectivity index (χ0v) is 10.8. The molecule has 0 spiro atoms. The van der Waals surface area contributed by atoms with Gasteiger partial charge >= 0.3 is 11.9 Å². The molecule has 0 saturated heterocycles. The van der Waals surface area contributed by atoms with Crippen molar-refractivity contribution < 1.29 is 32.8 Å². The first-order valence-corrected chi connectivity index (χ1v) is 6.88. The fourth-order valence-corrected chi connectivity index (χ4v) is 3.24. The minimum absolute atomic E-state index is 0.115. The van der Waals surface area contributed by atoms with Crippen molar-refractivity contribution in [3.63, 3.8) is 0 Å². The average Bonchev–Trinajstić information content (AvgIpc) is 2.35. The maximum atomic E-state index is 11.6. The minimum Gasteiger partial charge on any atom is -0.480 e. The Morgan fingerprint density at radius 2 is 1.75 bits per heavy atom. The van der Waals surface area contributed by atoms with E-state index in [4.69, 9.17) is 5.11 Å². The van der Waals surface area contributed by atoms with Crippen LogP contribution in [0.1, 0.15) is 11.1 Å². The highest BCUT2D eigenvalue weighted by Crippen LogP contribution is 2.39. The van der Waals surface area contributed by atoms with E-state index in [0.29, 0.717) is 6.08 Å². The summed E-state index contributed by atoms with van der Waals surface area (Å²) in [7, 11) is -5.11. The first-order chi connectivity index (χ1) is 9.20. The van der Waals surface area contributed by atoms with Gasteiger partial charge in [0.2, 0.25) is 4.75 Å². The molecule has 0 aliphatic heterocycles. The van der Waals surface area contributed by atoms with Crippen LogP contribution in [-0.4, -0.2) is 35.1 Å². The van der Waals surface area contributed by atoms with E-state index in [0.717, 1.165) is 0 Å². The summed E-state index contributed by atoms with van der Waals surface area (Å²) in [6.45, 7) is 0. The fourth-order valence-electron chi connectivity index (χ4n) is 2.25. The number of rotatable bonds is 3. The van der Waals surface area contributed by atoms with Gasteiger partial charge in [0.15, 0.2) is 0 Å². The first kappa shape index (κ1) is 14.2. The fraction of sp³-hybridized carbons (Fsp3) is 0.167. The summed E-state index contributed by atoms with van der Waals surface area (Å²) >= 11 is 0. The van der Waals surface area contributed by atoms with Crippen LogP contribution in [0.5, 0.6) is 0 Å². The summed E-state index contributed by atoms with van der Waals surface area (Å²) in [5, 5.41) is 18.3. The summed E-state index contributed by atoms with van der Waals surface area (Å²) in [4.78, 5) is 22.5. The van der Waals surface area contributed by atoms with Crippen LogP contribution in [0.4, 0.5) is 0 Å². The second-order valence-corrected chi connectivity index (χ2v) is 5.92. The molecule has 2 rings (SSSR count). The van der Waals surface area contributed by atoms with Crippen LogP contribution in [0.3, 0.4) is 0 Å². The molecule has 1 unspecified atom stereocenters. The lowest BCUT2D eigenvalue weighted by molar-refractivity contribution is -0.139. The van der Waals surface area contributed by atoms with Gasteiger partial charge in [-0.1, -0.05) is 24.3 Å². The lowest BCUT2D eigenvalue weighted by atomic mass is 9.83. The van der Waals surface area contributed by atoms with Gasteiger partial charge in [0.1, 0.15) is 0 Å². The lowest BCUT2D eigenvalue weighted by Crippen LogP contribution is -2.45. The van der Waals surface area contributed by atoms with Crippen molar-refractivity contribution in [2.45, 2.75) is 11.2 Å². The molecule has 8 heteroatoms. The predicted molar refractivity (Wildman–Crippen MR) is 66.7 cm³/mol. The predicted octanol–water partition coefficient (Wildman–Crippen LogP) is 0.421. The van der Waals surface area contributed by atoms with Gasteiger partial charge in [-0.25, -0.2) is 9.59 Å². The Hall–Kier alpha value is -2.19. The molecule has 1 aliphatic rings. The zero-order chi connectivity index (χ0) is 15.1. The molecule has 0 saturated carbocycles. The molecule has 0 aromatic heterocycles. The monoisotopic (exact) mass is 298 g/mol. The van der Waals surface area contributed by atoms with E-state index in [1.54, 1.807) is 0 Å². The Morgan fingerprint density at radius 1 is 1.15 bits per heavy atom. The van der Waals surface area contributed by atoms with Gasteiger partial charge in [-0.2, -0.15) is 8.42 Å². The third kappa shape index (κ3) is 1.89. The molecular formula is C12H10O7S. The number of carboxylic acid groups (broad SMARTS) is 2. The summed E-state index contributed by atoms with van der Waals surface area (Å²) in [6.07, 6.45) is 0.464. The van der Waals surface area contributed by atoms with Crippen LogP contribution >= 0.6 is 0 Å². The summed E-state index contributed by atoms with van der Waals surface area (Å²) in [5.41, 5.74) is -0.323. The van der Waals surface area contributed by atoms with E-state index in [-0.39, 0.29) is 17.5 Å². The van der Waals surface area contributed by atoms with Crippen molar-refractivity contribution in [2.24, 2.45) is 0 Å². The molecule has 0 radical (unpaired) electrons. The Kier molecular flexibility index (Phi) is 3.15. The van der Waals surface area contributed by atoms with Gasteiger partial charge in [-0.3, -0.25) is 4.55 Å². The van der Waals surface area contributed by atoms with Crippen LogP contribution in [0.25, 0.3) is 0 Å². The number of aliphatic carboxylic acids is 2. The highest BCUT2D eigenvalue weighted by Gasteiger charge is 2.54. The molecule has 0 amide bonds. The van der Waals surface area contributed by atoms with E-state index in [9.17, 15) is 27.7 Å². The van der Waals surface area contributed by atoms with E-state index < -0.39 is 32.4 Å². The van der Waals surface area contributed by atoms with Gasteiger partial charge in [-0.05, 0) is 17.2 Å². The van der Waals surface area contributed by atoms with Crippen molar-refractivity contribution >= 4 is 22.1 Å². The van der Waals surface area contributed by atoms with Crippen LogP contribution < -0.4 is 0 Å². The highest BCUT2D eigenvalue weighted by molar-refractivity contribution is 7.87. The molecule has 0 fully saturated rings. The third-order valence-corrected chi connectivity index (χ3v) is 4.50. The molecule has 1 atom stereocenters. The molecule has 7 nitrogen and oxygen atoms in total. The van der Waals surface area contributed by atoms with Crippen molar-refractivity contribution in [2.75, 3.05) is 0 Å². The van der Waals surface area contributed by atoms with Gasteiger partial charge in [0, 0.05) is 12.0 Å². The van der Waals surface area contributed by atoms with E-state index in [2.05, 4.69) is 0 Å². The quantitative estimate of drug-likeness (QED) is 0.689. The van der Waals surface area contributed by atoms with Crippen LogP contribution in [0, 0.1) is 0 Å². The topological polar surface area (TPSA) is 129 Å². The second kappa shape index (κ2) is 4.43. The standard InChI is InChI=1S/C12H10O7S/c13-10(14)8-5-7-3-1-2-4-9(7)12(6-8,11(15)16)20(17,18)19/h1-4,6H,5H2,(H,13,14)(H,15,16)(H,17,18,19). The molecule has 0 heterocycles. The van der Waals surface area contributed by atoms with Crippen molar-refractivity contribution in [1.82, 2.24) is 0 Å². The molecule has 0 bridgehead atoms. The largest absolute Gasteiger partial charge is 0.480 e. The van der Waals surface area contributed by atoms with Crippen molar-refractivity contribution in [3.8, 4) is 0 Å². The summed E-state index contributed by atoms with van der Waals surface area (Å²) < 4.78 is 29.8. The number of benzene rings is 1. The lowest BCUT2D eigenvalue weighted by Gasteiger charge is -2.29. The molecule has 1 aromatic carbocycles. The summed E-state index contributed by atoms with van der Waals surface area (Å²) in [5.74, 6) is -3.29. The second-order valence-electron chi connectivity index (χ2n) is 4.32. The highest BCUT2D eigenvalue weighted by atomic mass is 32.2. The normalized spacial score (nSPS) is 21.8. The SMILES string of the molecule is O=C(O)C1=CC(C(=O)O)(S(=O)(=O)O)c2ccccc2C1. The summed E-state index contributed by atoms with van der Waals surface area (Å²) in [6, 6.07) is 5.61. The number of carboxylic acids is 2. The molecule has 1 aliphatic carbocycles.